The van der Waals surface area contributed by atoms with Crippen LogP contribution in [0.25, 0.3) is 22.3 Å². The predicted molar refractivity (Wildman–Crippen MR) is 260 cm³/mol. The van der Waals surface area contributed by atoms with Crippen molar-refractivity contribution in [1.29, 1.82) is 0 Å². The first kappa shape index (κ1) is 51.6. The zero-order valence-electron chi connectivity index (χ0n) is 38.9. The molecule has 4 N–H and O–H groups in total. The summed E-state index contributed by atoms with van der Waals surface area (Å²) < 4.78 is 80.4. The third kappa shape index (κ3) is 13.3. The van der Waals surface area contributed by atoms with E-state index in [2.05, 4.69) is 88.3 Å². The second kappa shape index (κ2) is 19.3. The lowest BCUT2D eigenvalue weighted by Gasteiger charge is -2.39. The van der Waals surface area contributed by atoms with Gasteiger partial charge in [0.15, 0.2) is 0 Å². The molecule has 14 nitrogen and oxygen atoms in total. The van der Waals surface area contributed by atoms with Gasteiger partial charge in [-0.3, -0.25) is 19.6 Å². The number of phosphoric ester groups is 4. The van der Waals surface area contributed by atoms with Gasteiger partial charge in [-0.15, -0.1) is 0 Å². The molecule has 0 aliphatic rings. The number of benzene rings is 6. The summed E-state index contributed by atoms with van der Waals surface area (Å²) >= 11 is 0. The maximum Gasteiger partial charge on any atom is 0.537 e. The van der Waals surface area contributed by atoms with E-state index in [1.807, 2.05) is 13.8 Å². The van der Waals surface area contributed by atoms with Gasteiger partial charge in [0.25, 0.3) is 0 Å². The van der Waals surface area contributed by atoms with E-state index in [0.717, 1.165) is 55.6 Å². The predicted octanol–water partition coefficient (Wildman–Crippen LogP) is 13.9. The lowest BCUT2D eigenvalue weighted by atomic mass is 9.64. The second-order valence-electron chi connectivity index (χ2n) is 18.7. The van der Waals surface area contributed by atoms with E-state index in [-0.39, 0.29) is 23.0 Å². The summed E-state index contributed by atoms with van der Waals surface area (Å²) in [6.07, 6.45) is 0. The topological polar surface area (TPSA) is 205 Å². The molecule has 0 saturated carbocycles. The number of para-hydroxylation sites is 2. The van der Waals surface area contributed by atoms with E-state index in [9.17, 15) is 37.8 Å². The zero-order valence-corrected chi connectivity index (χ0v) is 42.4. The molecule has 356 valence electrons. The van der Waals surface area contributed by atoms with Crippen molar-refractivity contribution in [3.63, 3.8) is 0 Å². The summed E-state index contributed by atoms with van der Waals surface area (Å²) in [6.45, 7) is 21.3. The van der Waals surface area contributed by atoms with Crippen molar-refractivity contribution in [1.82, 2.24) is 0 Å². The maximum absolute atomic E-state index is 12.9. The highest BCUT2D eigenvalue weighted by Crippen LogP contribution is 2.61. The van der Waals surface area contributed by atoms with Crippen LogP contribution in [0.3, 0.4) is 0 Å². The van der Waals surface area contributed by atoms with Crippen molar-refractivity contribution in [2.45, 2.75) is 85.5 Å². The van der Waals surface area contributed by atoms with E-state index in [1.54, 1.807) is 60.7 Å². The molecule has 0 aromatic heterocycles. The Kier molecular flexibility index (Phi) is 14.9. The van der Waals surface area contributed by atoms with Gasteiger partial charge < -0.3 is 18.1 Å². The van der Waals surface area contributed by atoms with Crippen molar-refractivity contribution in [3.8, 4) is 45.3 Å². The van der Waals surface area contributed by atoms with Crippen LogP contribution in [0.15, 0.2) is 133 Å². The highest BCUT2D eigenvalue weighted by molar-refractivity contribution is 7.62. The van der Waals surface area contributed by atoms with Crippen LogP contribution in [0.1, 0.15) is 88.8 Å². The quantitative estimate of drug-likeness (QED) is 0.0666. The van der Waals surface area contributed by atoms with Crippen LogP contribution >= 0.6 is 31.3 Å². The Bertz CT molecular complexity index is 2730. The number of rotatable bonds is 16. The lowest BCUT2D eigenvalue weighted by molar-refractivity contribution is 0.230. The fourth-order valence-corrected chi connectivity index (χ4v) is 12.2. The SMILES string of the molecule is Cc1cc(-c2ccc(OP(=O)(O)OP(=O)(O)Oc3ccccc3)cc2)c(C(C)(C)C)c(C(C)(C)c2cc(C)cc(-c3ccc(OP(=O)(O)OP(=O)(O)Oc4ccccc4)cc3)c2C(C)(C)C)c1. The Hall–Kier alpha value is -4.80. The maximum atomic E-state index is 12.9. The van der Waals surface area contributed by atoms with Gasteiger partial charge in [0.2, 0.25) is 0 Å². The highest BCUT2D eigenvalue weighted by Gasteiger charge is 2.40. The molecule has 0 bridgehead atoms. The van der Waals surface area contributed by atoms with Crippen LogP contribution in [0.4, 0.5) is 0 Å². The molecule has 0 heterocycles. The van der Waals surface area contributed by atoms with E-state index in [1.165, 1.54) is 48.5 Å². The zero-order chi connectivity index (χ0) is 49.4. The molecule has 18 heteroatoms. The largest absolute Gasteiger partial charge is 0.537 e. The normalized spacial score (nSPS) is 15.9. The molecule has 0 saturated heterocycles. The molecule has 6 aromatic rings. The fraction of sp³-hybridized carbons (Fsp3) is 0.265. The molecule has 0 fully saturated rings. The standard InChI is InChI=1S/C49H56O14P4/c1-33-29-41(35-21-25-39(26-22-35)60-66(54,55)62-64(50,51)58-37-17-13-11-14-18-37)45(47(3,4)5)43(31-33)49(9,10)44-32-34(2)30-42(46(44)48(6,7)8)36-23-27-40(28-24-36)61-67(56,57)63-65(52,53)59-38-19-15-12-16-20-38/h11-32H,1-10H3,(H,50,51)(H,52,53)(H,54,55)(H,56,57). The average molecular weight is 993 g/mol. The van der Waals surface area contributed by atoms with Crippen LogP contribution in [-0.4, -0.2) is 19.6 Å². The third-order valence-electron chi connectivity index (χ3n) is 10.5. The van der Waals surface area contributed by atoms with Gasteiger partial charge in [-0.25, -0.2) is 18.3 Å². The molecule has 4 atom stereocenters. The lowest BCUT2D eigenvalue weighted by Crippen LogP contribution is -2.30. The van der Waals surface area contributed by atoms with Gasteiger partial charge in [-0.2, -0.15) is 8.62 Å². The second-order valence-corrected chi connectivity index (χ2v) is 24.5. The minimum Gasteiger partial charge on any atom is -0.404 e. The first-order valence-electron chi connectivity index (χ1n) is 21.1. The van der Waals surface area contributed by atoms with Crippen molar-refractivity contribution in [2.75, 3.05) is 0 Å². The van der Waals surface area contributed by atoms with Gasteiger partial charge in [0.1, 0.15) is 23.0 Å². The van der Waals surface area contributed by atoms with Crippen molar-refractivity contribution in [2.24, 2.45) is 0 Å². The first-order valence-corrected chi connectivity index (χ1v) is 27.1. The van der Waals surface area contributed by atoms with Crippen molar-refractivity contribution < 1.29 is 64.6 Å². The molecule has 0 radical (unpaired) electrons. The van der Waals surface area contributed by atoms with E-state index >= 15 is 0 Å². The summed E-state index contributed by atoms with van der Waals surface area (Å²) in [5.41, 5.74) is 8.26. The van der Waals surface area contributed by atoms with E-state index < -0.39 is 47.5 Å². The molecule has 6 aromatic carbocycles. The number of phosphoric acid groups is 4. The molecule has 0 aliphatic heterocycles. The summed E-state index contributed by atoms with van der Waals surface area (Å²) in [4.78, 5) is 41.3. The number of aryl methyl sites for hydroxylation is 2. The van der Waals surface area contributed by atoms with Crippen LogP contribution in [-0.2, 0) is 43.1 Å². The highest BCUT2D eigenvalue weighted by atomic mass is 31.3. The van der Waals surface area contributed by atoms with E-state index in [4.69, 9.17) is 18.1 Å². The average Bonchev–Trinajstić information content (AvgIpc) is 3.19. The minimum absolute atomic E-state index is 0.0374. The summed E-state index contributed by atoms with van der Waals surface area (Å²) in [5.74, 6) is -0.233. The molecular formula is C49H56O14P4. The number of hydrogen-bond acceptors (Lipinski definition) is 10. The van der Waals surface area contributed by atoms with Crippen LogP contribution < -0.4 is 18.1 Å². The molecule has 0 amide bonds. The molecule has 6 rings (SSSR count). The molecule has 67 heavy (non-hydrogen) atoms. The smallest absolute Gasteiger partial charge is 0.404 e. The Morgan fingerprint density at radius 3 is 0.925 bits per heavy atom. The Labute approximate surface area is 392 Å². The van der Waals surface area contributed by atoms with Crippen LogP contribution in [0.2, 0.25) is 0 Å². The van der Waals surface area contributed by atoms with Crippen molar-refractivity contribution in [3.05, 3.63) is 167 Å². The number of hydrogen-bond donors (Lipinski definition) is 4. The first-order chi connectivity index (χ1) is 30.9. The third-order valence-corrected chi connectivity index (χ3v) is 15.6. The summed E-state index contributed by atoms with van der Waals surface area (Å²) in [7, 11) is -20.4. The summed E-state index contributed by atoms with van der Waals surface area (Å²) in [5, 5.41) is 0. The molecule has 0 aliphatic carbocycles. The van der Waals surface area contributed by atoms with Gasteiger partial charge >= 0.3 is 31.3 Å². The van der Waals surface area contributed by atoms with Gasteiger partial charge in [0, 0.05) is 5.41 Å². The Morgan fingerprint density at radius 1 is 0.388 bits per heavy atom. The summed E-state index contributed by atoms with van der Waals surface area (Å²) in [6, 6.07) is 36.7. The van der Waals surface area contributed by atoms with Crippen LogP contribution in [0, 0.1) is 13.8 Å². The Morgan fingerprint density at radius 2 is 0.657 bits per heavy atom. The van der Waals surface area contributed by atoms with Crippen molar-refractivity contribution >= 4 is 31.3 Å². The monoisotopic (exact) mass is 992 g/mol. The minimum atomic E-state index is -5.14. The fourth-order valence-electron chi connectivity index (χ4n) is 7.99. The Balaban J connectivity index is 1.33. The van der Waals surface area contributed by atoms with Gasteiger partial charge in [-0.05, 0) is 118 Å². The van der Waals surface area contributed by atoms with Crippen LogP contribution in [0.5, 0.6) is 23.0 Å². The molecular weight excluding hydrogens is 936 g/mol. The van der Waals surface area contributed by atoms with Gasteiger partial charge in [-0.1, -0.05) is 151 Å². The van der Waals surface area contributed by atoms with Gasteiger partial charge in [0.05, 0.1) is 0 Å². The molecule has 0 spiro atoms. The van der Waals surface area contributed by atoms with E-state index in [0.29, 0.717) is 0 Å². The molecule has 4 unspecified atom stereocenters.